The van der Waals surface area contributed by atoms with Crippen LogP contribution in [0.25, 0.3) is 0 Å². The third kappa shape index (κ3) is 1.36. The normalized spacial score (nSPS) is 26.0. The molecule has 0 radical (unpaired) electrons. The summed E-state index contributed by atoms with van der Waals surface area (Å²) in [6.45, 7) is 2.92. The fraction of sp³-hybridized carbons (Fsp3) is 0.500. The summed E-state index contributed by atoms with van der Waals surface area (Å²) in [5.41, 5.74) is 0.344. The molecule has 0 spiro atoms. The van der Waals surface area contributed by atoms with Crippen molar-refractivity contribution in [2.24, 2.45) is 0 Å². The Labute approximate surface area is 82.6 Å². The molecule has 2 heterocycles. The van der Waals surface area contributed by atoms with Crippen molar-refractivity contribution in [1.82, 2.24) is 9.97 Å². The minimum absolute atomic E-state index is 0.454. The third-order valence-corrected chi connectivity index (χ3v) is 2.57. The van der Waals surface area contributed by atoms with Crippen molar-refractivity contribution in [3.63, 3.8) is 0 Å². The van der Waals surface area contributed by atoms with Crippen molar-refractivity contribution in [1.29, 1.82) is 5.26 Å². The van der Waals surface area contributed by atoms with E-state index < -0.39 is 5.41 Å². The van der Waals surface area contributed by atoms with Crippen LogP contribution in [0.15, 0.2) is 12.4 Å². The smallest absolute Gasteiger partial charge is 0.125 e. The lowest BCUT2D eigenvalue weighted by atomic mass is 9.83. The fourth-order valence-corrected chi connectivity index (χ4v) is 1.59. The largest absolute Gasteiger partial charge is 0.379 e. The summed E-state index contributed by atoms with van der Waals surface area (Å²) < 4.78 is 5.26. The number of aryl methyl sites for hydroxylation is 1. The van der Waals surface area contributed by atoms with Gasteiger partial charge in [-0.1, -0.05) is 0 Å². The minimum atomic E-state index is -0.520. The van der Waals surface area contributed by atoms with Crippen molar-refractivity contribution in [3.05, 3.63) is 23.8 Å². The van der Waals surface area contributed by atoms with Gasteiger partial charge in [0.2, 0.25) is 0 Å². The summed E-state index contributed by atoms with van der Waals surface area (Å²) in [7, 11) is 0. The predicted molar refractivity (Wildman–Crippen MR) is 49.5 cm³/mol. The van der Waals surface area contributed by atoms with Crippen LogP contribution >= 0.6 is 0 Å². The van der Waals surface area contributed by atoms with Gasteiger partial charge < -0.3 is 4.74 Å². The molecule has 72 valence electrons. The van der Waals surface area contributed by atoms with Crippen LogP contribution in [0.2, 0.25) is 0 Å². The molecule has 1 unspecified atom stereocenters. The Morgan fingerprint density at radius 1 is 1.50 bits per heavy atom. The second-order valence-electron chi connectivity index (χ2n) is 3.52. The Kier molecular flexibility index (Phi) is 2.18. The van der Waals surface area contributed by atoms with Gasteiger partial charge in [0.1, 0.15) is 11.2 Å². The Morgan fingerprint density at radius 3 is 2.71 bits per heavy atom. The molecule has 2 rings (SSSR count). The summed E-state index contributed by atoms with van der Waals surface area (Å²) >= 11 is 0. The molecule has 0 amide bonds. The van der Waals surface area contributed by atoms with E-state index in [1.807, 2.05) is 6.92 Å². The van der Waals surface area contributed by atoms with E-state index in [1.54, 1.807) is 12.4 Å². The SMILES string of the molecule is Cc1ncc(C2(C#N)CCOC2)cn1. The second-order valence-corrected chi connectivity index (χ2v) is 3.52. The summed E-state index contributed by atoms with van der Waals surface area (Å²) in [5, 5.41) is 9.15. The molecule has 0 aromatic carbocycles. The third-order valence-electron chi connectivity index (χ3n) is 2.57. The van der Waals surface area contributed by atoms with Crippen LogP contribution in [0.3, 0.4) is 0 Å². The number of nitriles is 1. The molecule has 0 bridgehead atoms. The van der Waals surface area contributed by atoms with Crippen LogP contribution in [0.1, 0.15) is 17.8 Å². The van der Waals surface area contributed by atoms with Crippen LogP contribution in [-0.2, 0) is 10.2 Å². The van der Waals surface area contributed by atoms with Crippen molar-refractivity contribution >= 4 is 0 Å². The molecule has 0 saturated carbocycles. The molecule has 1 fully saturated rings. The molecule has 0 aliphatic carbocycles. The molecule has 1 atom stereocenters. The average Bonchev–Trinajstić information content (AvgIpc) is 2.68. The maximum Gasteiger partial charge on any atom is 0.125 e. The Balaban J connectivity index is 2.37. The molecule has 1 aromatic heterocycles. The van der Waals surface area contributed by atoms with Crippen LogP contribution in [0.4, 0.5) is 0 Å². The average molecular weight is 189 g/mol. The van der Waals surface area contributed by atoms with Gasteiger partial charge in [0, 0.05) is 24.6 Å². The summed E-state index contributed by atoms with van der Waals surface area (Å²) in [6.07, 6.45) is 4.18. The topological polar surface area (TPSA) is 58.8 Å². The van der Waals surface area contributed by atoms with E-state index >= 15 is 0 Å². The highest BCUT2D eigenvalue weighted by molar-refractivity contribution is 5.29. The number of hydrogen-bond donors (Lipinski definition) is 0. The predicted octanol–water partition coefficient (Wildman–Crippen LogP) is 0.967. The van der Waals surface area contributed by atoms with E-state index in [9.17, 15) is 0 Å². The number of hydrogen-bond acceptors (Lipinski definition) is 4. The molecule has 4 heteroatoms. The number of rotatable bonds is 1. The quantitative estimate of drug-likeness (QED) is 0.660. The zero-order valence-corrected chi connectivity index (χ0v) is 8.03. The highest BCUT2D eigenvalue weighted by Crippen LogP contribution is 2.31. The highest BCUT2D eigenvalue weighted by atomic mass is 16.5. The Morgan fingerprint density at radius 2 is 2.21 bits per heavy atom. The minimum Gasteiger partial charge on any atom is -0.379 e. The number of ether oxygens (including phenoxy) is 1. The van der Waals surface area contributed by atoms with Gasteiger partial charge in [0.05, 0.1) is 12.7 Å². The van der Waals surface area contributed by atoms with E-state index in [4.69, 9.17) is 10.00 Å². The maximum atomic E-state index is 9.15. The molecular weight excluding hydrogens is 178 g/mol. The molecule has 1 saturated heterocycles. The summed E-state index contributed by atoms with van der Waals surface area (Å²) in [4.78, 5) is 8.20. The van der Waals surface area contributed by atoms with Crippen molar-refractivity contribution in [3.8, 4) is 6.07 Å². The van der Waals surface area contributed by atoms with Gasteiger partial charge in [-0.3, -0.25) is 0 Å². The van der Waals surface area contributed by atoms with Crippen LogP contribution in [0.5, 0.6) is 0 Å². The van der Waals surface area contributed by atoms with Gasteiger partial charge in [-0.25, -0.2) is 9.97 Å². The molecule has 0 N–H and O–H groups in total. The number of aromatic nitrogens is 2. The van der Waals surface area contributed by atoms with Gasteiger partial charge in [-0.15, -0.1) is 0 Å². The lowest BCUT2D eigenvalue weighted by molar-refractivity contribution is 0.186. The Bertz CT molecular complexity index is 360. The zero-order chi connectivity index (χ0) is 10.0. The summed E-state index contributed by atoms with van der Waals surface area (Å²) in [5.74, 6) is 0.723. The lowest BCUT2D eigenvalue weighted by Crippen LogP contribution is -2.24. The van der Waals surface area contributed by atoms with Gasteiger partial charge in [-0.2, -0.15) is 5.26 Å². The monoisotopic (exact) mass is 189 g/mol. The molecular formula is C10H11N3O. The van der Waals surface area contributed by atoms with E-state index in [1.165, 1.54) is 0 Å². The molecule has 1 aliphatic rings. The van der Waals surface area contributed by atoms with Gasteiger partial charge in [0.25, 0.3) is 0 Å². The van der Waals surface area contributed by atoms with Gasteiger partial charge in [0.15, 0.2) is 0 Å². The first-order valence-corrected chi connectivity index (χ1v) is 4.55. The van der Waals surface area contributed by atoms with Crippen molar-refractivity contribution in [2.75, 3.05) is 13.2 Å². The van der Waals surface area contributed by atoms with Crippen LogP contribution < -0.4 is 0 Å². The molecule has 1 aromatic rings. The molecule has 14 heavy (non-hydrogen) atoms. The van der Waals surface area contributed by atoms with Crippen molar-refractivity contribution < 1.29 is 4.74 Å². The van der Waals surface area contributed by atoms with Crippen LogP contribution in [0, 0.1) is 18.3 Å². The standard InChI is InChI=1S/C10H11N3O/c1-8-12-4-9(5-13-8)10(6-11)2-3-14-7-10/h4-5H,2-3,7H2,1H3. The van der Waals surface area contributed by atoms with E-state index in [0.717, 1.165) is 17.8 Å². The first kappa shape index (κ1) is 9.10. The van der Waals surface area contributed by atoms with Gasteiger partial charge in [-0.05, 0) is 13.3 Å². The van der Waals surface area contributed by atoms with Crippen LogP contribution in [-0.4, -0.2) is 23.2 Å². The Hall–Kier alpha value is -1.47. The molecule has 4 nitrogen and oxygen atoms in total. The van der Waals surface area contributed by atoms with E-state index in [0.29, 0.717) is 13.2 Å². The first-order chi connectivity index (χ1) is 6.77. The van der Waals surface area contributed by atoms with E-state index in [-0.39, 0.29) is 0 Å². The van der Waals surface area contributed by atoms with Crippen molar-refractivity contribution in [2.45, 2.75) is 18.8 Å². The number of nitrogens with zero attached hydrogens (tertiary/aromatic N) is 3. The van der Waals surface area contributed by atoms with Gasteiger partial charge >= 0.3 is 0 Å². The zero-order valence-electron chi connectivity index (χ0n) is 8.03. The fourth-order valence-electron chi connectivity index (χ4n) is 1.59. The first-order valence-electron chi connectivity index (χ1n) is 4.55. The maximum absolute atomic E-state index is 9.15. The summed E-state index contributed by atoms with van der Waals surface area (Å²) in [6, 6.07) is 2.31. The second kappa shape index (κ2) is 3.35. The van der Waals surface area contributed by atoms with E-state index in [2.05, 4.69) is 16.0 Å². The molecule has 1 aliphatic heterocycles. The highest BCUT2D eigenvalue weighted by Gasteiger charge is 2.37. The lowest BCUT2D eigenvalue weighted by Gasteiger charge is -2.17.